The molecule has 1 aliphatic rings. The van der Waals surface area contributed by atoms with Crippen molar-refractivity contribution >= 4 is 19.2 Å². The molecule has 1 aliphatic carbocycles. The monoisotopic (exact) mass is 298 g/mol. The van der Waals surface area contributed by atoms with E-state index in [9.17, 15) is 0 Å². The van der Waals surface area contributed by atoms with Crippen molar-refractivity contribution in [1.82, 2.24) is 0 Å². The normalized spacial score (nSPS) is 15.1. The second-order valence-electron chi connectivity index (χ2n) is 5.77. The maximum atomic E-state index is 2.32. The van der Waals surface area contributed by atoms with Crippen molar-refractivity contribution in [1.29, 1.82) is 0 Å². The van der Waals surface area contributed by atoms with Gasteiger partial charge in [-0.1, -0.05) is 115 Å². The molecule has 0 spiro atoms. The van der Waals surface area contributed by atoms with Gasteiger partial charge in [0.2, 0.25) is 0 Å². The third kappa shape index (κ3) is 6.44. The van der Waals surface area contributed by atoms with Crippen LogP contribution in [0.1, 0.15) is 45.4 Å². The molecular formula is C20H27P. The SMILES string of the molecule is CCC1CCCCC1.c1ccc(Pc2ccccc2)cc1. The Bertz CT molecular complexity index is 434. The zero-order chi connectivity index (χ0) is 14.8. The van der Waals surface area contributed by atoms with Gasteiger partial charge in [-0.15, -0.1) is 0 Å². The van der Waals surface area contributed by atoms with E-state index in [2.05, 4.69) is 67.6 Å². The van der Waals surface area contributed by atoms with Gasteiger partial charge in [0.25, 0.3) is 0 Å². The summed E-state index contributed by atoms with van der Waals surface area (Å²) in [6.45, 7) is 2.32. The fourth-order valence-corrected chi connectivity index (χ4v) is 3.86. The number of hydrogen-bond donors (Lipinski definition) is 0. The van der Waals surface area contributed by atoms with Gasteiger partial charge in [0.1, 0.15) is 0 Å². The minimum Gasteiger partial charge on any atom is -0.0651 e. The van der Waals surface area contributed by atoms with E-state index in [0.717, 1.165) is 14.5 Å². The quantitative estimate of drug-likeness (QED) is 0.675. The van der Waals surface area contributed by atoms with Gasteiger partial charge in [0, 0.05) is 0 Å². The Morgan fingerprint density at radius 3 is 1.62 bits per heavy atom. The lowest BCUT2D eigenvalue weighted by Crippen LogP contribution is -2.03. The van der Waals surface area contributed by atoms with Crippen molar-refractivity contribution in [2.45, 2.75) is 45.4 Å². The number of benzene rings is 2. The highest BCUT2D eigenvalue weighted by atomic mass is 31.1. The van der Waals surface area contributed by atoms with Gasteiger partial charge >= 0.3 is 0 Å². The highest BCUT2D eigenvalue weighted by Crippen LogP contribution is 2.25. The molecule has 0 aliphatic heterocycles. The highest BCUT2D eigenvalue weighted by Gasteiger charge is 2.09. The fourth-order valence-electron chi connectivity index (χ4n) is 2.81. The standard InChI is InChI=1S/C12H11P.C8H16/c1-3-7-11(8-4-1)13-12-9-5-2-6-10-12;1-2-8-6-4-3-5-7-8/h1-10,13H;8H,2-7H2,1H3. The lowest BCUT2D eigenvalue weighted by atomic mass is 9.88. The summed E-state index contributed by atoms with van der Waals surface area (Å²) in [5.41, 5.74) is 0. The third-order valence-electron chi connectivity index (χ3n) is 4.14. The van der Waals surface area contributed by atoms with Crippen LogP contribution in [0.5, 0.6) is 0 Å². The predicted octanol–water partition coefficient (Wildman–Crippen LogP) is 5.29. The molecule has 21 heavy (non-hydrogen) atoms. The van der Waals surface area contributed by atoms with E-state index < -0.39 is 0 Å². The van der Waals surface area contributed by atoms with E-state index in [1.807, 2.05) is 0 Å². The van der Waals surface area contributed by atoms with Gasteiger partial charge in [-0.25, -0.2) is 0 Å². The summed E-state index contributed by atoms with van der Waals surface area (Å²) < 4.78 is 0. The van der Waals surface area contributed by atoms with Crippen molar-refractivity contribution in [3.63, 3.8) is 0 Å². The van der Waals surface area contributed by atoms with Gasteiger partial charge in [0.15, 0.2) is 0 Å². The Hall–Kier alpha value is -1.13. The summed E-state index contributed by atoms with van der Waals surface area (Å²) in [7, 11) is 0.777. The summed E-state index contributed by atoms with van der Waals surface area (Å²) in [6.07, 6.45) is 8.93. The minimum atomic E-state index is 0.777. The zero-order valence-corrected chi connectivity index (χ0v) is 14.1. The molecule has 0 atom stereocenters. The second-order valence-corrected chi connectivity index (χ2v) is 7.17. The van der Waals surface area contributed by atoms with Gasteiger partial charge < -0.3 is 0 Å². The summed E-state index contributed by atoms with van der Waals surface area (Å²) in [6, 6.07) is 21.2. The summed E-state index contributed by atoms with van der Waals surface area (Å²) in [5, 5.41) is 2.79. The van der Waals surface area contributed by atoms with Crippen LogP contribution in [-0.2, 0) is 0 Å². The molecule has 0 amide bonds. The minimum absolute atomic E-state index is 0.777. The first-order chi connectivity index (χ1) is 10.4. The molecule has 0 heterocycles. The smallest absolute Gasteiger partial charge is 0.0226 e. The molecule has 112 valence electrons. The first-order valence-corrected chi connectivity index (χ1v) is 9.25. The molecule has 0 bridgehead atoms. The third-order valence-corrected chi connectivity index (χ3v) is 5.38. The van der Waals surface area contributed by atoms with E-state index in [4.69, 9.17) is 0 Å². The van der Waals surface area contributed by atoms with Crippen LogP contribution in [0, 0.1) is 5.92 Å². The average molecular weight is 298 g/mol. The Morgan fingerprint density at radius 2 is 1.24 bits per heavy atom. The molecule has 1 heteroatoms. The molecule has 0 nitrogen and oxygen atoms in total. The van der Waals surface area contributed by atoms with Crippen LogP contribution >= 0.6 is 8.58 Å². The van der Waals surface area contributed by atoms with Gasteiger partial charge in [-0.3, -0.25) is 0 Å². The van der Waals surface area contributed by atoms with E-state index in [-0.39, 0.29) is 0 Å². The maximum Gasteiger partial charge on any atom is -0.0226 e. The molecule has 1 saturated carbocycles. The summed E-state index contributed by atoms with van der Waals surface area (Å²) in [4.78, 5) is 0. The van der Waals surface area contributed by atoms with Gasteiger partial charge in [0.05, 0.1) is 0 Å². The van der Waals surface area contributed by atoms with Crippen molar-refractivity contribution in [2.24, 2.45) is 5.92 Å². The van der Waals surface area contributed by atoms with Crippen LogP contribution in [0.4, 0.5) is 0 Å². The fraction of sp³-hybridized carbons (Fsp3) is 0.400. The summed E-state index contributed by atoms with van der Waals surface area (Å²) >= 11 is 0. The molecular weight excluding hydrogens is 271 g/mol. The van der Waals surface area contributed by atoms with Crippen molar-refractivity contribution in [3.8, 4) is 0 Å². The molecule has 0 radical (unpaired) electrons. The maximum absolute atomic E-state index is 2.32. The Balaban J connectivity index is 0.000000173. The van der Waals surface area contributed by atoms with Crippen molar-refractivity contribution in [3.05, 3.63) is 60.7 Å². The molecule has 0 aromatic heterocycles. The largest absolute Gasteiger partial charge is 0.0651 e. The van der Waals surface area contributed by atoms with E-state index in [1.54, 1.807) is 0 Å². The van der Waals surface area contributed by atoms with E-state index in [0.29, 0.717) is 0 Å². The molecule has 2 aromatic carbocycles. The highest BCUT2D eigenvalue weighted by molar-refractivity contribution is 7.55. The predicted molar refractivity (Wildman–Crippen MR) is 97.3 cm³/mol. The average Bonchev–Trinajstić information content (AvgIpc) is 2.58. The Morgan fingerprint density at radius 1 is 0.762 bits per heavy atom. The zero-order valence-electron chi connectivity index (χ0n) is 13.1. The topological polar surface area (TPSA) is 0 Å². The van der Waals surface area contributed by atoms with Crippen LogP contribution in [0.25, 0.3) is 0 Å². The Kier molecular flexibility index (Phi) is 7.54. The second kappa shape index (κ2) is 9.74. The van der Waals surface area contributed by atoms with Gasteiger partial charge in [-0.05, 0) is 16.5 Å². The lowest BCUT2D eigenvalue weighted by molar-refractivity contribution is 0.349. The van der Waals surface area contributed by atoms with Crippen LogP contribution in [0.3, 0.4) is 0 Å². The van der Waals surface area contributed by atoms with Crippen LogP contribution in [0.15, 0.2) is 60.7 Å². The van der Waals surface area contributed by atoms with E-state index >= 15 is 0 Å². The molecule has 1 fully saturated rings. The summed E-state index contributed by atoms with van der Waals surface area (Å²) in [5.74, 6) is 1.09. The molecule has 0 N–H and O–H groups in total. The first-order valence-electron chi connectivity index (χ1n) is 8.25. The molecule has 2 aromatic rings. The number of rotatable bonds is 3. The molecule has 3 rings (SSSR count). The van der Waals surface area contributed by atoms with Crippen molar-refractivity contribution < 1.29 is 0 Å². The van der Waals surface area contributed by atoms with Crippen LogP contribution < -0.4 is 10.6 Å². The Labute approximate surface area is 131 Å². The van der Waals surface area contributed by atoms with Crippen molar-refractivity contribution in [2.75, 3.05) is 0 Å². The molecule has 0 saturated heterocycles. The first kappa shape index (κ1) is 16.2. The lowest BCUT2D eigenvalue weighted by Gasteiger charge is -2.18. The van der Waals surface area contributed by atoms with E-state index in [1.165, 1.54) is 49.1 Å². The molecule has 0 unspecified atom stereocenters. The number of hydrogen-bond acceptors (Lipinski definition) is 0. The van der Waals surface area contributed by atoms with Crippen LogP contribution in [-0.4, -0.2) is 0 Å². The van der Waals surface area contributed by atoms with Crippen LogP contribution in [0.2, 0.25) is 0 Å². The van der Waals surface area contributed by atoms with Gasteiger partial charge in [-0.2, -0.15) is 0 Å².